The molecular formula is C19H24N4O. The van der Waals surface area contributed by atoms with Crippen LogP contribution in [0.4, 0.5) is 0 Å². The Bertz CT molecular complexity index is 660. The first kappa shape index (κ1) is 16.6. The zero-order valence-corrected chi connectivity index (χ0v) is 14.3. The number of nitrogens with zero attached hydrogens (tertiary/aromatic N) is 4. The van der Waals surface area contributed by atoms with E-state index in [0.29, 0.717) is 12.5 Å². The predicted octanol–water partition coefficient (Wildman–Crippen LogP) is 2.17. The summed E-state index contributed by atoms with van der Waals surface area (Å²) in [5.74, 6) is 0.657. The maximum atomic E-state index is 13.0. The maximum absolute atomic E-state index is 13.0. The van der Waals surface area contributed by atoms with E-state index in [9.17, 15) is 4.79 Å². The van der Waals surface area contributed by atoms with Crippen molar-refractivity contribution in [3.05, 3.63) is 60.2 Å². The molecule has 1 fully saturated rings. The zero-order valence-electron chi connectivity index (χ0n) is 14.3. The fraction of sp³-hybridized carbons (Fsp3) is 0.421. The number of aromatic nitrogens is 2. The molecule has 1 amide bonds. The van der Waals surface area contributed by atoms with Crippen LogP contribution in [0, 0.1) is 5.92 Å². The van der Waals surface area contributed by atoms with Crippen LogP contribution in [0.3, 0.4) is 0 Å². The van der Waals surface area contributed by atoms with Crippen molar-refractivity contribution in [2.75, 3.05) is 27.2 Å². The number of hydrogen-bond donors (Lipinski definition) is 0. The smallest absolute Gasteiger partial charge is 0.226 e. The lowest BCUT2D eigenvalue weighted by molar-refractivity contribution is -0.133. The number of carbonyl (C=O) groups is 1. The van der Waals surface area contributed by atoms with Crippen LogP contribution in [-0.2, 0) is 11.3 Å². The predicted molar refractivity (Wildman–Crippen MR) is 93.3 cm³/mol. The monoisotopic (exact) mass is 324 g/mol. The molecule has 0 aliphatic heterocycles. The van der Waals surface area contributed by atoms with Crippen molar-refractivity contribution < 1.29 is 4.79 Å². The lowest BCUT2D eigenvalue weighted by Crippen LogP contribution is -2.37. The molecule has 0 N–H and O–H groups in total. The van der Waals surface area contributed by atoms with E-state index in [4.69, 9.17) is 0 Å². The molecule has 2 atom stereocenters. The standard InChI is InChI=1S/C19H24N4O/c1-22(2)9-10-23(14-15-5-3-7-20-12-15)19(24)18-11-17(18)16-6-4-8-21-13-16/h3-8,12-13,17-18H,9-11,14H2,1-2H3/t17-,18-/m0/s1. The molecule has 24 heavy (non-hydrogen) atoms. The van der Waals surface area contributed by atoms with E-state index in [1.54, 1.807) is 12.4 Å². The second-order valence-electron chi connectivity index (χ2n) is 6.66. The van der Waals surface area contributed by atoms with Crippen LogP contribution in [-0.4, -0.2) is 52.9 Å². The summed E-state index contributed by atoms with van der Waals surface area (Å²) in [5, 5.41) is 0. The minimum absolute atomic E-state index is 0.0908. The number of likely N-dealkylation sites (N-methyl/N-ethyl adjacent to an activating group) is 1. The van der Waals surface area contributed by atoms with Gasteiger partial charge in [0.15, 0.2) is 0 Å². The zero-order chi connectivity index (χ0) is 16.9. The van der Waals surface area contributed by atoms with Gasteiger partial charge in [-0.05, 0) is 49.7 Å². The molecule has 2 aromatic rings. The van der Waals surface area contributed by atoms with Gasteiger partial charge in [-0.25, -0.2) is 0 Å². The summed E-state index contributed by atoms with van der Waals surface area (Å²) in [4.78, 5) is 25.4. The molecule has 0 spiro atoms. The minimum Gasteiger partial charge on any atom is -0.337 e. The summed E-state index contributed by atoms with van der Waals surface area (Å²) >= 11 is 0. The summed E-state index contributed by atoms with van der Waals surface area (Å²) in [6, 6.07) is 7.94. The highest BCUT2D eigenvalue weighted by atomic mass is 16.2. The van der Waals surface area contributed by atoms with Gasteiger partial charge in [-0.2, -0.15) is 0 Å². The van der Waals surface area contributed by atoms with Gasteiger partial charge in [-0.3, -0.25) is 14.8 Å². The number of amides is 1. The van der Waals surface area contributed by atoms with Gasteiger partial charge in [0, 0.05) is 50.3 Å². The molecule has 5 heteroatoms. The van der Waals surface area contributed by atoms with Crippen molar-refractivity contribution >= 4 is 5.91 Å². The van der Waals surface area contributed by atoms with Gasteiger partial charge >= 0.3 is 0 Å². The molecule has 2 aromatic heterocycles. The van der Waals surface area contributed by atoms with Crippen molar-refractivity contribution in [1.82, 2.24) is 19.8 Å². The largest absolute Gasteiger partial charge is 0.337 e. The van der Waals surface area contributed by atoms with Crippen LogP contribution in [0.15, 0.2) is 49.1 Å². The first-order valence-corrected chi connectivity index (χ1v) is 8.37. The molecule has 0 saturated heterocycles. The van der Waals surface area contributed by atoms with Gasteiger partial charge in [0.05, 0.1) is 0 Å². The summed E-state index contributed by atoms with van der Waals surface area (Å²) in [5.41, 5.74) is 2.24. The molecule has 1 aliphatic carbocycles. The van der Waals surface area contributed by atoms with E-state index in [-0.39, 0.29) is 11.8 Å². The Kier molecular flexibility index (Phi) is 5.20. The summed E-state index contributed by atoms with van der Waals surface area (Å²) in [6.45, 7) is 2.21. The second kappa shape index (κ2) is 7.53. The van der Waals surface area contributed by atoms with E-state index < -0.39 is 0 Å². The van der Waals surface area contributed by atoms with Gasteiger partial charge in [0.1, 0.15) is 0 Å². The Hall–Kier alpha value is -2.27. The average molecular weight is 324 g/mol. The molecule has 2 heterocycles. The van der Waals surface area contributed by atoms with Crippen molar-refractivity contribution in [3.8, 4) is 0 Å². The molecule has 0 aromatic carbocycles. The first-order chi connectivity index (χ1) is 11.6. The highest BCUT2D eigenvalue weighted by Crippen LogP contribution is 2.48. The first-order valence-electron chi connectivity index (χ1n) is 8.37. The SMILES string of the molecule is CN(C)CCN(Cc1cccnc1)C(=O)[C@H]1C[C@H]1c1cccnc1. The molecule has 126 valence electrons. The molecule has 5 nitrogen and oxygen atoms in total. The number of carbonyl (C=O) groups excluding carboxylic acids is 1. The Morgan fingerprint density at radius 2 is 1.88 bits per heavy atom. The lowest BCUT2D eigenvalue weighted by atomic mass is 10.1. The van der Waals surface area contributed by atoms with E-state index in [1.165, 1.54) is 5.56 Å². The van der Waals surface area contributed by atoms with Crippen molar-refractivity contribution in [1.29, 1.82) is 0 Å². The molecule has 1 saturated carbocycles. The van der Waals surface area contributed by atoms with Crippen LogP contribution in [0.25, 0.3) is 0 Å². The van der Waals surface area contributed by atoms with Crippen LogP contribution < -0.4 is 0 Å². The van der Waals surface area contributed by atoms with Gasteiger partial charge < -0.3 is 9.80 Å². The summed E-state index contributed by atoms with van der Waals surface area (Å²) in [6.07, 6.45) is 8.17. The Morgan fingerprint density at radius 1 is 1.12 bits per heavy atom. The normalized spacial score (nSPS) is 19.3. The molecule has 3 rings (SSSR count). The van der Waals surface area contributed by atoms with Crippen LogP contribution >= 0.6 is 0 Å². The molecular weight excluding hydrogens is 300 g/mol. The van der Waals surface area contributed by atoms with Crippen molar-refractivity contribution in [2.45, 2.75) is 18.9 Å². The van der Waals surface area contributed by atoms with E-state index in [1.807, 2.05) is 49.6 Å². The fourth-order valence-electron chi connectivity index (χ4n) is 2.97. The summed E-state index contributed by atoms with van der Waals surface area (Å²) in [7, 11) is 4.06. The van der Waals surface area contributed by atoms with Crippen molar-refractivity contribution in [3.63, 3.8) is 0 Å². The van der Waals surface area contributed by atoms with Crippen LogP contribution in [0.5, 0.6) is 0 Å². The van der Waals surface area contributed by atoms with Crippen LogP contribution in [0.1, 0.15) is 23.5 Å². The lowest BCUT2D eigenvalue weighted by Gasteiger charge is -2.25. The third-order valence-electron chi connectivity index (χ3n) is 4.45. The number of rotatable bonds is 7. The maximum Gasteiger partial charge on any atom is 0.226 e. The Labute approximate surface area is 143 Å². The average Bonchev–Trinajstić information content (AvgIpc) is 3.40. The van der Waals surface area contributed by atoms with Gasteiger partial charge in [0.2, 0.25) is 5.91 Å². The molecule has 0 bridgehead atoms. The molecule has 0 unspecified atom stereocenters. The van der Waals surface area contributed by atoms with Crippen molar-refractivity contribution in [2.24, 2.45) is 5.92 Å². The Balaban J connectivity index is 1.67. The van der Waals surface area contributed by atoms with Gasteiger partial charge in [-0.15, -0.1) is 0 Å². The minimum atomic E-state index is 0.0908. The van der Waals surface area contributed by atoms with E-state index in [0.717, 1.165) is 25.1 Å². The molecule has 1 aliphatic rings. The second-order valence-corrected chi connectivity index (χ2v) is 6.66. The van der Waals surface area contributed by atoms with E-state index >= 15 is 0 Å². The topological polar surface area (TPSA) is 49.3 Å². The van der Waals surface area contributed by atoms with Gasteiger partial charge in [-0.1, -0.05) is 12.1 Å². The number of pyridine rings is 2. The third kappa shape index (κ3) is 4.17. The quantitative estimate of drug-likeness (QED) is 0.783. The van der Waals surface area contributed by atoms with E-state index in [2.05, 4.69) is 20.9 Å². The van der Waals surface area contributed by atoms with Gasteiger partial charge in [0.25, 0.3) is 0 Å². The number of hydrogen-bond acceptors (Lipinski definition) is 4. The highest BCUT2D eigenvalue weighted by molar-refractivity contribution is 5.83. The van der Waals surface area contributed by atoms with Crippen LogP contribution in [0.2, 0.25) is 0 Å². The molecule has 0 radical (unpaired) electrons. The Morgan fingerprint density at radius 3 is 2.50 bits per heavy atom. The summed E-state index contributed by atoms with van der Waals surface area (Å²) < 4.78 is 0. The fourth-order valence-corrected chi connectivity index (χ4v) is 2.97. The third-order valence-corrected chi connectivity index (χ3v) is 4.45. The highest BCUT2D eigenvalue weighted by Gasteiger charge is 2.45.